The summed E-state index contributed by atoms with van der Waals surface area (Å²) in [6, 6.07) is 0. The second kappa shape index (κ2) is 20.0. The molecule has 7 atom stereocenters. The van der Waals surface area contributed by atoms with Crippen LogP contribution in [-0.4, -0.2) is 79.2 Å². The van der Waals surface area contributed by atoms with E-state index in [1.807, 2.05) is 26.8 Å². The molecule has 1 rings (SSSR count). The molecule has 0 amide bonds. The van der Waals surface area contributed by atoms with Crippen LogP contribution in [0.3, 0.4) is 0 Å². The number of ether oxygens (including phenoxy) is 1. The fraction of sp³-hybridized carbons (Fsp3) is 0.455. The van der Waals surface area contributed by atoms with Gasteiger partial charge in [-0.1, -0.05) is 105 Å². The molecule has 7 unspecified atom stereocenters. The molecular weight excluding hydrogens is 576 g/mol. The van der Waals surface area contributed by atoms with E-state index >= 15 is 0 Å². The molecule has 9 nitrogen and oxygen atoms in total. The fourth-order valence-electron chi connectivity index (χ4n) is 3.87. The van der Waals surface area contributed by atoms with Crippen LogP contribution in [0.5, 0.6) is 0 Å². The number of hydrogen-bond acceptors (Lipinski definition) is 8. The third-order valence-electron chi connectivity index (χ3n) is 6.54. The molecule has 43 heavy (non-hydrogen) atoms. The van der Waals surface area contributed by atoms with Crippen molar-refractivity contribution in [3.63, 3.8) is 0 Å². The predicted octanol–water partition coefficient (Wildman–Crippen LogP) is 4.04. The molecule has 0 aliphatic heterocycles. The molecule has 0 bridgehead atoms. The Hall–Kier alpha value is -3.05. The van der Waals surface area contributed by atoms with E-state index in [0.717, 1.165) is 5.57 Å². The number of halogens is 1. The Morgan fingerprint density at radius 2 is 1.58 bits per heavy atom. The molecule has 0 saturated heterocycles. The van der Waals surface area contributed by atoms with Crippen LogP contribution in [0, 0.1) is 11.8 Å². The highest BCUT2D eigenvalue weighted by Crippen LogP contribution is 2.24. The SMILES string of the molecule is CC(/C=C/C=C/C(=O)OC1CC(C(=O)O)=CCC1O)=C\C=C\C=C(/Cl)C(C)C(O)C(O)C(O)CC(O)/C=C/C=C/C(C)C. The normalized spacial score (nSPS) is 22.5. The maximum absolute atomic E-state index is 12.0. The number of allylic oxidation sites excluding steroid dienone is 11. The van der Waals surface area contributed by atoms with Gasteiger partial charge >= 0.3 is 11.9 Å². The van der Waals surface area contributed by atoms with E-state index in [-0.39, 0.29) is 29.9 Å². The standard InChI is InChI=1S/C33H45ClO9/c1-21(2)11-5-8-14-25(35)20-28(37)32(40)31(39)23(4)26(34)15-9-6-12-22(3)13-7-10-16-30(38)43-29-19-24(33(41)42)17-18-27(29)36/h5-17,21,23,25,27-29,31-32,35-37,39-40H,18-20H2,1-4H3,(H,41,42)/b9-6+,11-5+,13-7+,14-8+,16-10+,22-12+,26-15-. The number of hydrogen-bond donors (Lipinski definition) is 6. The monoisotopic (exact) mass is 620 g/mol. The zero-order chi connectivity index (χ0) is 32.5. The molecular formula is C33H45ClO9. The molecule has 0 aromatic rings. The summed E-state index contributed by atoms with van der Waals surface area (Å²) < 4.78 is 5.18. The van der Waals surface area contributed by atoms with Gasteiger partial charge in [0.15, 0.2) is 0 Å². The number of carboxylic acid groups (broad SMARTS) is 1. The van der Waals surface area contributed by atoms with Gasteiger partial charge < -0.3 is 35.4 Å². The van der Waals surface area contributed by atoms with Crippen molar-refractivity contribution in [3.05, 3.63) is 95.2 Å². The average Bonchev–Trinajstić information content (AvgIpc) is 2.95. The Kier molecular flexibility index (Phi) is 17.7. The fourth-order valence-corrected chi connectivity index (χ4v) is 4.07. The van der Waals surface area contributed by atoms with Crippen molar-refractivity contribution in [1.82, 2.24) is 0 Å². The van der Waals surface area contributed by atoms with Gasteiger partial charge in [0.05, 0.1) is 24.4 Å². The molecule has 0 aromatic carbocycles. The molecule has 1 aliphatic carbocycles. The highest BCUT2D eigenvalue weighted by molar-refractivity contribution is 6.30. The van der Waals surface area contributed by atoms with Crippen LogP contribution >= 0.6 is 11.6 Å². The minimum atomic E-state index is -1.51. The van der Waals surface area contributed by atoms with Gasteiger partial charge in [0.25, 0.3) is 0 Å². The highest BCUT2D eigenvalue weighted by atomic mass is 35.5. The van der Waals surface area contributed by atoms with Crippen LogP contribution in [0.1, 0.15) is 47.0 Å². The third-order valence-corrected chi connectivity index (χ3v) is 7.01. The van der Waals surface area contributed by atoms with Crippen LogP contribution < -0.4 is 0 Å². The van der Waals surface area contributed by atoms with Crippen LogP contribution in [0.15, 0.2) is 95.2 Å². The van der Waals surface area contributed by atoms with E-state index in [2.05, 4.69) is 0 Å². The number of carbonyl (C=O) groups is 2. The number of aliphatic hydroxyl groups excluding tert-OH is 5. The molecule has 0 spiro atoms. The van der Waals surface area contributed by atoms with Crippen LogP contribution in [0.25, 0.3) is 0 Å². The summed E-state index contributed by atoms with van der Waals surface area (Å²) >= 11 is 6.29. The topological polar surface area (TPSA) is 165 Å². The van der Waals surface area contributed by atoms with E-state index in [4.69, 9.17) is 21.4 Å². The number of carbonyl (C=O) groups excluding carboxylic acids is 1. The summed E-state index contributed by atoms with van der Waals surface area (Å²) in [5.41, 5.74) is 0.931. The summed E-state index contributed by atoms with van der Waals surface area (Å²) in [6.07, 6.45) is 13.8. The van der Waals surface area contributed by atoms with Crippen LogP contribution in [0.4, 0.5) is 0 Å². The molecule has 0 saturated carbocycles. The lowest BCUT2D eigenvalue weighted by Crippen LogP contribution is -2.42. The molecule has 1 aliphatic rings. The second-order valence-electron chi connectivity index (χ2n) is 10.7. The summed E-state index contributed by atoms with van der Waals surface area (Å²) in [7, 11) is 0. The first-order chi connectivity index (χ1) is 20.2. The Labute approximate surface area is 258 Å². The van der Waals surface area contributed by atoms with E-state index in [1.165, 1.54) is 24.3 Å². The second-order valence-corrected chi connectivity index (χ2v) is 11.2. The number of aliphatic carboxylic acids is 1. The van der Waals surface area contributed by atoms with E-state index in [0.29, 0.717) is 5.92 Å². The molecule has 0 heterocycles. The molecule has 238 valence electrons. The lowest BCUT2D eigenvalue weighted by Gasteiger charge is -2.27. The van der Waals surface area contributed by atoms with E-state index < -0.39 is 54.5 Å². The first kappa shape index (κ1) is 38.0. The van der Waals surface area contributed by atoms with Gasteiger partial charge in [-0.3, -0.25) is 0 Å². The van der Waals surface area contributed by atoms with Gasteiger partial charge in [-0.05, 0) is 25.3 Å². The number of aliphatic hydroxyl groups is 5. The molecule has 0 aromatic heterocycles. The zero-order valence-corrected chi connectivity index (χ0v) is 25.8. The maximum Gasteiger partial charge on any atom is 0.331 e. The van der Waals surface area contributed by atoms with Gasteiger partial charge in [-0.25, -0.2) is 9.59 Å². The highest BCUT2D eigenvalue weighted by Gasteiger charge is 2.31. The number of carboxylic acids is 1. The van der Waals surface area contributed by atoms with Crippen molar-refractivity contribution in [3.8, 4) is 0 Å². The average molecular weight is 621 g/mol. The largest absolute Gasteiger partial charge is 0.478 e. The van der Waals surface area contributed by atoms with Gasteiger partial charge in [0.2, 0.25) is 0 Å². The minimum absolute atomic E-state index is 0.0578. The van der Waals surface area contributed by atoms with Crippen molar-refractivity contribution in [2.75, 3.05) is 0 Å². The van der Waals surface area contributed by atoms with Crippen molar-refractivity contribution in [2.45, 2.75) is 83.6 Å². The van der Waals surface area contributed by atoms with Gasteiger partial charge in [0, 0.05) is 35.4 Å². The van der Waals surface area contributed by atoms with E-state index in [1.54, 1.807) is 55.5 Å². The molecule has 10 heteroatoms. The minimum Gasteiger partial charge on any atom is -0.478 e. The third kappa shape index (κ3) is 15.3. The lowest BCUT2D eigenvalue weighted by molar-refractivity contribution is -0.150. The summed E-state index contributed by atoms with van der Waals surface area (Å²) in [5, 5.41) is 60.5. The van der Waals surface area contributed by atoms with Crippen molar-refractivity contribution >= 4 is 23.5 Å². The van der Waals surface area contributed by atoms with Crippen molar-refractivity contribution < 1.29 is 45.0 Å². The number of esters is 1. The summed E-state index contributed by atoms with van der Waals surface area (Å²) in [5.74, 6) is -2.12. The summed E-state index contributed by atoms with van der Waals surface area (Å²) in [6.45, 7) is 7.47. The molecule has 0 fully saturated rings. The quantitative estimate of drug-likeness (QED) is 0.0848. The van der Waals surface area contributed by atoms with Crippen LogP contribution in [0.2, 0.25) is 0 Å². The Bertz CT molecular complexity index is 1140. The Morgan fingerprint density at radius 3 is 2.23 bits per heavy atom. The molecule has 0 radical (unpaired) electrons. The lowest BCUT2D eigenvalue weighted by atomic mass is 9.93. The van der Waals surface area contributed by atoms with Crippen molar-refractivity contribution in [2.24, 2.45) is 11.8 Å². The van der Waals surface area contributed by atoms with Gasteiger partial charge in [0.1, 0.15) is 12.2 Å². The Morgan fingerprint density at radius 1 is 0.953 bits per heavy atom. The smallest absolute Gasteiger partial charge is 0.331 e. The van der Waals surface area contributed by atoms with E-state index in [9.17, 15) is 35.1 Å². The Balaban J connectivity index is 2.57. The van der Waals surface area contributed by atoms with Gasteiger partial charge in [-0.2, -0.15) is 0 Å². The molecule has 6 N–H and O–H groups in total. The van der Waals surface area contributed by atoms with Crippen molar-refractivity contribution in [1.29, 1.82) is 0 Å². The van der Waals surface area contributed by atoms with Gasteiger partial charge in [-0.15, -0.1) is 0 Å². The first-order valence-corrected chi connectivity index (χ1v) is 14.5. The predicted molar refractivity (Wildman–Crippen MR) is 167 cm³/mol. The zero-order valence-electron chi connectivity index (χ0n) is 25.0. The summed E-state index contributed by atoms with van der Waals surface area (Å²) in [4.78, 5) is 23.1. The van der Waals surface area contributed by atoms with Crippen LogP contribution in [-0.2, 0) is 14.3 Å². The maximum atomic E-state index is 12.0. The first-order valence-electron chi connectivity index (χ1n) is 14.2. The number of rotatable bonds is 16.